The molecule has 1 aliphatic heterocycles. The lowest BCUT2D eigenvalue weighted by atomic mass is 9.89. The maximum Gasteiger partial charge on any atom is 0.148 e. The van der Waals surface area contributed by atoms with E-state index in [-0.39, 0.29) is 10.6 Å². The third-order valence-electron chi connectivity index (χ3n) is 3.95. The summed E-state index contributed by atoms with van der Waals surface area (Å²) in [6.07, 6.45) is 1.34. The highest BCUT2D eigenvalue weighted by Gasteiger charge is 2.38. The maximum atomic E-state index is 14.2. The number of aliphatic hydroxyl groups excluding tert-OH is 1. The minimum atomic E-state index is -0.906. The van der Waals surface area contributed by atoms with Crippen molar-refractivity contribution >= 4 is 27.5 Å². The number of hydrogen-bond acceptors (Lipinski definition) is 2. The Bertz CT molecular complexity index is 475. The number of aliphatic hydroxyl groups is 1. The molecule has 1 aromatic carbocycles. The molecular formula is C14H18BrClFNO. The third kappa shape index (κ3) is 2.82. The van der Waals surface area contributed by atoms with Gasteiger partial charge in [0.05, 0.1) is 11.1 Å². The molecule has 1 unspecified atom stereocenters. The first-order chi connectivity index (χ1) is 8.85. The highest BCUT2D eigenvalue weighted by Crippen LogP contribution is 2.37. The summed E-state index contributed by atoms with van der Waals surface area (Å²) in [5.74, 6) is -0.546. The third-order valence-corrected chi connectivity index (χ3v) is 5.21. The molecule has 1 aliphatic rings. The zero-order valence-corrected chi connectivity index (χ0v) is 13.4. The van der Waals surface area contributed by atoms with Gasteiger partial charge >= 0.3 is 0 Å². The van der Waals surface area contributed by atoms with Gasteiger partial charge in [0.25, 0.3) is 0 Å². The maximum absolute atomic E-state index is 14.2. The van der Waals surface area contributed by atoms with E-state index >= 15 is 0 Å². The summed E-state index contributed by atoms with van der Waals surface area (Å²) in [5.41, 5.74) is -0.251. The van der Waals surface area contributed by atoms with Crippen molar-refractivity contribution in [2.75, 3.05) is 13.1 Å². The molecule has 0 aliphatic carbocycles. The topological polar surface area (TPSA) is 23.5 Å². The predicted molar refractivity (Wildman–Crippen MR) is 79.0 cm³/mol. The molecule has 5 heteroatoms. The number of rotatable bonds is 3. The van der Waals surface area contributed by atoms with Crippen LogP contribution in [0.5, 0.6) is 0 Å². The van der Waals surface area contributed by atoms with Gasteiger partial charge in [0.15, 0.2) is 0 Å². The van der Waals surface area contributed by atoms with Gasteiger partial charge in [-0.3, -0.25) is 4.90 Å². The van der Waals surface area contributed by atoms with Gasteiger partial charge in [-0.1, -0.05) is 17.7 Å². The van der Waals surface area contributed by atoms with E-state index in [0.29, 0.717) is 4.47 Å². The van der Waals surface area contributed by atoms with E-state index < -0.39 is 17.5 Å². The molecule has 1 heterocycles. The summed E-state index contributed by atoms with van der Waals surface area (Å²) in [4.78, 5) is 2.20. The molecule has 2 nitrogen and oxygen atoms in total. The quantitative estimate of drug-likeness (QED) is 0.828. The molecule has 1 N–H and O–H groups in total. The van der Waals surface area contributed by atoms with E-state index in [0.717, 1.165) is 25.9 Å². The average molecular weight is 351 g/mol. The Labute approximate surface area is 126 Å². The number of hydrogen-bond donors (Lipinski definition) is 1. The van der Waals surface area contributed by atoms with Gasteiger partial charge in [-0.15, -0.1) is 0 Å². The van der Waals surface area contributed by atoms with Gasteiger partial charge in [-0.05, 0) is 61.8 Å². The normalized spacial score (nSPS) is 18.8. The van der Waals surface area contributed by atoms with Crippen LogP contribution in [0.25, 0.3) is 0 Å². The molecule has 106 valence electrons. The van der Waals surface area contributed by atoms with Gasteiger partial charge in [0.1, 0.15) is 5.82 Å². The summed E-state index contributed by atoms with van der Waals surface area (Å²) in [7, 11) is 0. The first kappa shape index (κ1) is 15.2. The standard InChI is InChI=1S/C14H18BrClFNO/c1-14(2,18-7-3-4-8-18)13(19)9-5-6-10(15)11(16)12(9)17/h5-6,13,19H,3-4,7-8H2,1-2H3. The molecule has 19 heavy (non-hydrogen) atoms. The van der Waals surface area contributed by atoms with Crippen molar-refractivity contribution < 1.29 is 9.50 Å². The Hall–Kier alpha value is -0.160. The monoisotopic (exact) mass is 349 g/mol. The van der Waals surface area contributed by atoms with E-state index in [1.807, 2.05) is 13.8 Å². The Morgan fingerprint density at radius 2 is 1.95 bits per heavy atom. The molecule has 1 saturated heterocycles. The molecule has 1 fully saturated rings. The molecule has 1 aromatic rings. The van der Waals surface area contributed by atoms with Crippen molar-refractivity contribution in [3.05, 3.63) is 33.0 Å². The molecule has 0 spiro atoms. The van der Waals surface area contributed by atoms with Crippen LogP contribution in [0.1, 0.15) is 38.4 Å². The Morgan fingerprint density at radius 1 is 1.37 bits per heavy atom. The number of halogens is 3. The SMILES string of the molecule is CC(C)(C(O)c1ccc(Br)c(Cl)c1F)N1CCCC1. The van der Waals surface area contributed by atoms with E-state index in [4.69, 9.17) is 11.6 Å². The van der Waals surface area contributed by atoms with Gasteiger partial charge in [-0.25, -0.2) is 4.39 Å². The number of benzene rings is 1. The minimum Gasteiger partial charge on any atom is -0.386 e. The van der Waals surface area contributed by atoms with Crippen LogP contribution in [0.4, 0.5) is 4.39 Å². The zero-order chi connectivity index (χ0) is 14.2. The summed E-state index contributed by atoms with van der Waals surface area (Å²) in [6, 6.07) is 3.26. The molecular weight excluding hydrogens is 333 g/mol. The first-order valence-corrected chi connectivity index (χ1v) is 7.59. The van der Waals surface area contributed by atoms with Crippen molar-refractivity contribution in [1.82, 2.24) is 4.90 Å². The van der Waals surface area contributed by atoms with Crippen LogP contribution in [0.2, 0.25) is 5.02 Å². The van der Waals surface area contributed by atoms with Gasteiger partial charge in [0, 0.05) is 15.6 Å². The Morgan fingerprint density at radius 3 is 2.53 bits per heavy atom. The number of nitrogens with zero attached hydrogens (tertiary/aromatic N) is 1. The van der Waals surface area contributed by atoms with Crippen molar-refractivity contribution in [1.29, 1.82) is 0 Å². The van der Waals surface area contributed by atoms with E-state index in [9.17, 15) is 9.50 Å². The van der Waals surface area contributed by atoms with Crippen molar-refractivity contribution in [3.63, 3.8) is 0 Å². The van der Waals surface area contributed by atoms with Crippen molar-refractivity contribution in [3.8, 4) is 0 Å². The molecule has 0 saturated carbocycles. The van der Waals surface area contributed by atoms with Crippen LogP contribution in [0.15, 0.2) is 16.6 Å². The lowest BCUT2D eigenvalue weighted by molar-refractivity contribution is -0.000660. The van der Waals surface area contributed by atoms with E-state index in [1.165, 1.54) is 0 Å². The minimum absolute atomic E-state index is 0.0220. The van der Waals surface area contributed by atoms with Gasteiger partial charge in [-0.2, -0.15) is 0 Å². The molecule has 1 atom stereocenters. The smallest absolute Gasteiger partial charge is 0.148 e. The largest absolute Gasteiger partial charge is 0.386 e. The highest BCUT2D eigenvalue weighted by molar-refractivity contribution is 9.10. The number of likely N-dealkylation sites (tertiary alicyclic amines) is 1. The van der Waals surface area contributed by atoms with Crippen molar-refractivity contribution in [2.24, 2.45) is 0 Å². The molecule has 0 bridgehead atoms. The molecule has 0 amide bonds. The first-order valence-electron chi connectivity index (χ1n) is 6.42. The Kier molecular flexibility index (Phi) is 4.56. The van der Waals surface area contributed by atoms with Crippen LogP contribution in [-0.2, 0) is 0 Å². The van der Waals surface area contributed by atoms with Crippen LogP contribution in [0, 0.1) is 5.82 Å². The van der Waals surface area contributed by atoms with Crippen LogP contribution >= 0.6 is 27.5 Å². The van der Waals surface area contributed by atoms with E-state index in [2.05, 4.69) is 20.8 Å². The molecule has 0 aromatic heterocycles. The molecule has 0 radical (unpaired) electrons. The fourth-order valence-electron chi connectivity index (χ4n) is 2.60. The summed E-state index contributed by atoms with van der Waals surface area (Å²) in [5, 5.41) is 10.6. The predicted octanol–water partition coefficient (Wildman–Crippen LogP) is 4.15. The molecule has 2 rings (SSSR count). The second-order valence-corrected chi connectivity index (χ2v) is 6.75. The zero-order valence-electron chi connectivity index (χ0n) is 11.1. The van der Waals surface area contributed by atoms with Crippen molar-refractivity contribution in [2.45, 2.75) is 38.3 Å². The fraction of sp³-hybridized carbons (Fsp3) is 0.571. The average Bonchev–Trinajstić information content (AvgIpc) is 2.90. The van der Waals surface area contributed by atoms with Crippen LogP contribution in [0.3, 0.4) is 0 Å². The summed E-state index contributed by atoms with van der Waals surface area (Å²) in [6.45, 7) is 5.77. The summed E-state index contributed by atoms with van der Waals surface area (Å²) < 4.78 is 14.7. The summed E-state index contributed by atoms with van der Waals surface area (Å²) >= 11 is 9.07. The second kappa shape index (κ2) is 5.68. The van der Waals surface area contributed by atoms with Crippen LogP contribution < -0.4 is 0 Å². The van der Waals surface area contributed by atoms with Crippen LogP contribution in [-0.4, -0.2) is 28.6 Å². The second-order valence-electron chi connectivity index (χ2n) is 5.51. The van der Waals surface area contributed by atoms with Gasteiger partial charge < -0.3 is 5.11 Å². The fourth-order valence-corrected chi connectivity index (χ4v) is 3.08. The van der Waals surface area contributed by atoms with Gasteiger partial charge in [0.2, 0.25) is 0 Å². The lowest BCUT2D eigenvalue weighted by Crippen LogP contribution is -2.47. The lowest BCUT2D eigenvalue weighted by Gasteiger charge is -2.39. The highest BCUT2D eigenvalue weighted by atomic mass is 79.9. The van der Waals surface area contributed by atoms with E-state index in [1.54, 1.807) is 12.1 Å². The Balaban J connectivity index is 2.33.